The van der Waals surface area contributed by atoms with Gasteiger partial charge in [-0.05, 0) is 12.8 Å². The summed E-state index contributed by atoms with van der Waals surface area (Å²) in [6, 6.07) is 0. The maximum absolute atomic E-state index is 10.8. The van der Waals surface area contributed by atoms with Crippen molar-refractivity contribution in [2.24, 2.45) is 10.3 Å². The summed E-state index contributed by atoms with van der Waals surface area (Å²) >= 11 is 0. The van der Waals surface area contributed by atoms with E-state index in [0.717, 1.165) is 12.8 Å². The standard InChI is InChI=1S/C10H22N2O8P2.2Na.2H/c13-11-9(21(15,16)17)7-5-3-1-2-4-6-8-10(12-14)22(18,19)20;;;;/h13-14H,1-8H2,(H2,15,16,17)(H2,18,19,20);;;;/q;2*+1;2*-1/b11-9-,12-10-;;;;. The third-order valence-corrected chi connectivity index (χ3v) is 4.93. The molecule has 10 nitrogen and oxygen atoms in total. The van der Waals surface area contributed by atoms with Gasteiger partial charge in [-0.15, -0.1) is 0 Å². The molecule has 6 N–H and O–H groups in total. The van der Waals surface area contributed by atoms with Crippen LogP contribution in [0.25, 0.3) is 0 Å². The Morgan fingerprint density at radius 1 is 0.667 bits per heavy atom. The van der Waals surface area contributed by atoms with Crippen molar-refractivity contribution in [3.63, 3.8) is 0 Å². The van der Waals surface area contributed by atoms with Gasteiger partial charge in [0.2, 0.25) is 0 Å². The molecule has 0 saturated carbocycles. The van der Waals surface area contributed by atoms with Crippen LogP contribution in [0.2, 0.25) is 0 Å². The first-order chi connectivity index (χ1) is 10.1. The Morgan fingerprint density at radius 3 is 1.12 bits per heavy atom. The van der Waals surface area contributed by atoms with E-state index in [4.69, 9.17) is 30.0 Å². The minimum absolute atomic E-state index is 0. The average molecular weight is 408 g/mol. The number of nitrogens with zero attached hydrogens (tertiary/aromatic N) is 2. The number of unbranched alkanes of at least 4 members (excludes halogenated alkanes) is 5. The van der Waals surface area contributed by atoms with Gasteiger partial charge in [0, 0.05) is 12.8 Å². The van der Waals surface area contributed by atoms with Crippen LogP contribution in [0.1, 0.15) is 54.2 Å². The topological polar surface area (TPSA) is 180 Å². The Bertz CT molecular complexity index is 457. The quantitative estimate of drug-likeness (QED) is 0.0504. The van der Waals surface area contributed by atoms with E-state index in [1.165, 1.54) is 0 Å². The van der Waals surface area contributed by atoms with Gasteiger partial charge in [0.05, 0.1) is 0 Å². The Kier molecular flexibility index (Phi) is 19.1. The van der Waals surface area contributed by atoms with Gasteiger partial charge < -0.3 is 32.8 Å². The van der Waals surface area contributed by atoms with Crippen molar-refractivity contribution < 1.29 is 101 Å². The van der Waals surface area contributed by atoms with E-state index in [1.807, 2.05) is 0 Å². The molecule has 14 heteroatoms. The molecule has 0 fully saturated rings. The van der Waals surface area contributed by atoms with E-state index in [1.54, 1.807) is 0 Å². The number of rotatable bonds is 11. The van der Waals surface area contributed by atoms with Crippen molar-refractivity contribution in [3.05, 3.63) is 0 Å². The molecule has 0 bridgehead atoms. The van der Waals surface area contributed by atoms with E-state index in [-0.39, 0.29) is 74.8 Å². The first-order valence-corrected chi connectivity index (χ1v) is 9.89. The molecular formula is C10H24N2Na2O8P2. The fourth-order valence-corrected chi connectivity index (χ4v) is 2.91. The Labute approximate surface area is 187 Å². The predicted octanol–water partition coefficient (Wildman–Crippen LogP) is -3.73. The zero-order valence-electron chi connectivity index (χ0n) is 15.9. The Morgan fingerprint density at radius 2 is 0.917 bits per heavy atom. The zero-order valence-corrected chi connectivity index (χ0v) is 19.7. The second kappa shape index (κ2) is 15.3. The molecule has 0 aliphatic carbocycles. The molecule has 0 aromatic heterocycles. The van der Waals surface area contributed by atoms with Gasteiger partial charge >= 0.3 is 74.3 Å². The Balaban J connectivity index is -0.000000367. The van der Waals surface area contributed by atoms with Gasteiger partial charge in [-0.1, -0.05) is 36.0 Å². The van der Waals surface area contributed by atoms with Crippen LogP contribution in [0, 0.1) is 0 Å². The van der Waals surface area contributed by atoms with E-state index in [2.05, 4.69) is 10.3 Å². The number of hydrogen-bond donors (Lipinski definition) is 6. The van der Waals surface area contributed by atoms with Crippen LogP contribution in [0.5, 0.6) is 0 Å². The molecule has 24 heavy (non-hydrogen) atoms. The molecule has 0 unspecified atom stereocenters. The first kappa shape index (κ1) is 30.0. The second-order valence-corrected chi connectivity index (χ2v) is 7.95. The SMILES string of the molecule is O=P(O)(O)/C(CCCCCCCC/C(=N/O)P(=O)(O)O)=N\O.[H-].[H-].[Na+].[Na+]. The first-order valence-electron chi connectivity index (χ1n) is 6.67. The molecule has 0 aromatic carbocycles. The van der Waals surface area contributed by atoms with E-state index < -0.39 is 26.1 Å². The van der Waals surface area contributed by atoms with Crippen LogP contribution in [-0.2, 0) is 9.13 Å². The maximum Gasteiger partial charge on any atom is 1.00 e. The predicted molar refractivity (Wildman–Crippen MR) is 81.7 cm³/mol. The van der Waals surface area contributed by atoms with Crippen molar-refractivity contribution in [3.8, 4) is 0 Å². The smallest absolute Gasteiger partial charge is 1.00 e. The van der Waals surface area contributed by atoms with E-state index in [9.17, 15) is 9.13 Å². The van der Waals surface area contributed by atoms with Crippen LogP contribution in [0.3, 0.4) is 0 Å². The molecule has 0 aromatic rings. The fourth-order valence-electron chi connectivity index (χ4n) is 1.78. The second-order valence-electron chi connectivity index (χ2n) is 4.74. The van der Waals surface area contributed by atoms with Gasteiger partial charge in [-0.2, -0.15) is 0 Å². The monoisotopic (exact) mass is 408 g/mol. The van der Waals surface area contributed by atoms with Crippen LogP contribution in [0.4, 0.5) is 0 Å². The van der Waals surface area contributed by atoms with Gasteiger partial charge in [0.25, 0.3) is 0 Å². The largest absolute Gasteiger partial charge is 1.00 e. The van der Waals surface area contributed by atoms with Gasteiger partial charge in [-0.3, -0.25) is 9.13 Å². The summed E-state index contributed by atoms with van der Waals surface area (Å²) in [5.41, 5.74) is -1.06. The molecule has 0 aliphatic rings. The molecule has 0 radical (unpaired) electrons. The Hall–Kier alpha value is 1.24. The molecule has 0 atom stereocenters. The molecule has 0 spiro atoms. The molecular weight excluding hydrogens is 384 g/mol. The molecule has 0 aliphatic heterocycles. The minimum atomic E-state index is -4.48. The van der Waals surface area contributed by atoms with Crippen LogP contribution in [0.15, 0.2) is 10.3 Å². The summed E-state index contributed by atoms with van der Waals surface area (Å²) in [5.74, 6) is 0. The van der Waals surface area contributed by atoms with Crippen LogP contribution >= 0.6 is 15.2 Å². The van der Waals surface area contributed by atoms with Crippen LogP contribution in [-0.4, -0.2) is 40.9 Å². The summed E-state index contributed by atoms with van der Waals surface area (Å²) < 4.78 is 21.7. The van der Waals surface area contributed by atoms with E-state index in [0.29, 0.717) is 25.7 Å². The summed E-state index contributed by atoms with van der Waals surface area (Å²) in [6.07, 6.45) is 3.85. The van der Waals surface area contributed by atoms with Gasteiger partial charge in [-0.25, -0.2) is 0 Å². The zero-order chi connectivity index (χ0) is 17.2. The minimum Gasteiger partial charge on any atom is -1.00 e. The van der Waals surface area contributed by atoms with Crippen molar-refractivity contribution in [1.82, 2.24) is 0 Å². The normalized spacial score (nSPS) is 13.2. The molecule has 0 rings (SSSR count). The summed E-state index contributed by atoms with van der Waals surface area (Å²) in [5, 5.41) is 22.2. The van der Waals surface area contributed by atoms with E-state index >= 15 is 0 Å². The maximum atomic E-state index is 10.8. The van der Waals surface area contributed by atoms with Crippen molar-refractivity contribution in [1.29, 1.82) is 0 Å². The van der Waals surface area contributed by atoms with Crippen molar-refractivity contribution >= 4 is 26.1 Å². The van der Waals surface area contributed by atoms with Crippen molar-refractivity contribution in [2.75, 3.05) is 0 Å². The van der Waals surface area contributed by atoms with Gasteiger partial charge in [0.15, 0.2) is 10.9 Å². The summed E-state index contributed by atoms with van der Waals surface area (Å²) in [6.45, 7) is 0. The van der Waals surface area contributed by atoms with Gasteiger partial charge in [0.1, 0.15) is 0 Å². The fraction of sp³-hybridized carbons (Fsp3) is 0.800. The number of hydrogen-bond acceptors (Lipinski definition) is 6. The summed E-state index contributed by atoms with van der Waals surface area (Å²) in [4.78, 5) is 35.3. The molecule has 134 valence electrons. The van der Waals surface area contributed by atoms with Crippen LogP contribution < -0.4 is 59.1 Å². The molecule has 0 saturated heterocycles. The number of oxime groups is 2. The van der Waals surface area contributed by atoms with Crippen molar-refractivity contribution in [2.45, 2.75) is 51.4 Å². The summed E-state index contributed by atoms with van der Waals surface area (Å²) in [7, 11) is -8.97. The average Bonchev–Trinajstić information content (AvgIpc) is 2.38. The third-order valence-electron chi connectivity index (χ3n) is 2.95. The molecule has 0 amide bonds. The molecule has 0 heterocycles. The third kappa shape index (κ3) is 14.4.